The summed E-state index contributed by atoms with van der Waals surface area (Å²) < 4.78 is 39.7. The molecule has 27 heavy (non-hydrogen) atoms. The molecule has 1 aliphatic rings. The average molecular weight is 409 g/mol. The van der Waals surface area contributed by atoms with Crippen molar-refractivity contribution in [1.82, 2.24) is 9.21 Å². The molecule has 2 aromatic rings. The first-order chi connectivity index (χ1) is 12.9. The monoisotopic (exact) mass is 408 g/mol. The average Bonchev–Trinajstić information content (AvgIpc) is 2.68. The van der Waals surface area contributed by atoms with Gasteiger partial charge in [0.25, 0.3) is 5.91 Å². The number of amides is 1. The van der Waals surface area contributed by atoms with E-state index >= 15 is 0 Å². The van der Waals surface area contributed by atoms with Gasteiger partial charge in [-0.2, -0.15) is 16.1 Å². The van der Waals surface area contributed by atoms with Gasteiger partial charge in [-0.25, -0.2) is 12.8 Å². The summed E-state index contributed by atoms with van der Waals surface area (Å²) in [6, 6.07) is 12.3. The minimum absolute atomic E-state index is 0.0634. The van der Waals surface area contributed by atoms with E-state index in [4.69, 9.17) is 0 Å². The molecule has 0 aliphatic carbocycles. The van der Waals surface area contributed by atoms with Crippen LogP contribution in [-0.4, -0.2) is 56.0 Å². The number of thioether (sulfide) groups is 1. The van der Waals surface area contributed by atoms with Crippen molar-refractivity contribution in [2.24, 2.45) is 0 Å². The number of sulfonamides is 1. The van der Waals surface area contributed by atoms with Crippen LogP contribution >= 0.6 is 11.8 Å². The molecule has 1 aliphatic heterocycles. The van der Waals surface area contributed by atoms with Crippen molar-refractivity contribution in [3.8, 4) is 0 Å². The molecule has 2 aromatic carbocycles. The first kappa shape index (κ1) is 19.9. The number of benzene rings is 2. The molecule has 0 aromatic heterocycles. The van der Waals surface area contributed by atoms with Gasteiger partial charge in [0.15, 0.2) is 0 Å². The summed E-state index contributed by atoms with van der Waals surface area (Å²) in [5.41, 5.74) is 1.71. The summed E-state index contributed by atoms with van der Waals surface area (Å²) in [5.74, 6) is 0.273. The van der Waals surface area contributed by atoms with Gasteiger partial charge < -0.3 is 4.90 Å². The summed E-state index contributed by atoms with van der Waals surface area (Å²) in [5, 5.41) is 0. The number of rotatable bonds is 5. The zero-order valence-corrected chi connectivity index (χ0v) is 16.6. The summed E-state index contributed by atoms with van der Waals surface area (Å²) >= 11 is 1.69. The molecular formula is C19H21FN2O3S2. The molecule has 3 rings (SSSR count). The van der Waals surface area contributed by atoms with Crippen LogP contribution in [0, 0.1) is 5.82 Å². The molecule has 144 valence electrons. The Morgan fingerprint density at radius 2 is 1.74 bits per heavy atom. The Morgan fingerprint density at radius 3 is 2.37 bits per heavy atom. The van der Waals surface area contributed by atoms with Crippen molar-refractivity contribution in [2.45, 2.75) is 10.6 Å². The number of piperazine rings is 1. The molecule has 1 fully saturated rings. The molecule has 1 heterocycles. The number of halogens is 1. The number of carbonyl (C=O) groups is 1. The van der Waals surface area contributed by atoms with E-state index in [2.05, 4.69) is 0 Å². The lowest BCUT2D eigenvalue weighted by atomic mass is 10.1. The number of hydrogen-bond donors (Lipinski definition) is 0. The Morgan fingerprint density at radius 1 is 1.07 bits per heavy atom. The fourth-order valence-corrected chi connectivity index (χ4v) is 4.97. The zero-order valence-electron chi connectivity index (χ0n) is 15.0. The summed E-state index contributed by atoms with van der Waals surface area (Å²) in [6.45, 7) is 1.09. The minimum atomic E-state index is -3.68. The lowest BCUT2D eigenvalue weighted by Crippen LogP contribution is -2.50. The summed E-state index contributed by atoms with van der Waals surface area (Å²) in [6.07, 6.45) is 2.01. The molecule has 5 nitrogen and oxygen atoms in total. The number of nitrogens with zero attached hydrogens (tertiary/aromatic N) is 2. The Bertz CT molecular complexity index is 909. The molecule has 1 saturated heterocycles. The lowest BCUT2D eigenvalue weighted by Gasteiger charge is -2.34. The number of carbonyl (C=O) groups excluding carboxylic acids is 1. The van der Waals surface area contributed by atoms with Crippen molar-refractivity contribution in [1.29, 1.82) is 0 Å². The van der Waals surface area contributed by atoms with E-state index in [1.807, 2.05) is 24.5 Å². The van der Waals surface area contributed by atoms with Crippen LogP contribution in [-0.2, 0) is 15.8 Å². The molecule has 0 N–H and O–H groups in total. The maximum atomic E-state index is 13.0. The van der Waals surface area contributed by atoms with Crippen LogP contribution in [0.5, 0.6) is 0 Å². The molecular weight excluding hydrogens is 387 g/mol. The molecule has 0 spiro atoms. The Hall–Kier alpha value is -1.90. The van der Waals surface area contributed by atoms with Crippen LogP contribution in [0.4, 0.5) is 4.39 Å². The number of hydrogen-bond acceptors (Lipinski definition) is 4. The van der Waals surface area contributed by atoms with Crippen molar-refractivity contribution < 1.29 is 17.6 Å². The highest BCUT2D eigenvalue weighted by Crippen LogP contribution is 2.19. The van der Waals surface area contributed by atoms with Gasteiger partial charge >= 0.3 is 0 Å². The lowest BCUT2D eigenvalue weighted by molar-refractivity contribution is 0.0698. The van der Waals surface area contributed by atoms with E-state index in [0.29, 0.717) is 18.7 Å². The molecule has 0 unspecified atom stereocenters. The molecule has 1 amide bonds. The predicted molar refractivity (Wildman–Crippen MR) is 105 cm³/mol. The second-order valence-corrected chi connectivity index (χ2v) is 9.09. The smallest absolute Gasteiger partial charge is 0.253 e. The third kappa shape index (κ3) is 4.51. The standard InChI is InChI=1S/C19H21FN2O3S2/c1-26-14-15-3-2-4-16(13-15)19(23)21-9-11-22(12-10-21)27(24,25)18-7-5-17(20)6-8-18/h2-8,13H,9-12,14H2,1H3. The third-order valence-corrected chi connectivity index (χ3v) is 7.00. The Balaban J connectivity index is 1.67. The SMILES string of the molecule is CSCc1cccc(C(=O)N2CCN(S(=O)(=O)c3ccc(F)cc3)CC2)c1. The quantitative estimate of drug-likeness (QED) is 0.763. The van der Waals surface area contributed by atoms with Crippen molar-refractivity contribution in [2.75, 3.05) is 32.4 Å². The van der Waals surface area contributed by atoms with E-state index in [9.17, 15) is 17.6 Å². The second kappa shape index (κ2) is 8.41. The molecule has 0 saturated carbocycles. The predicted octanol–water partition coefficient (Wildman–Crippen LogP) is 2.84. The first-order valence-electron chi connectivity index (χ1n) is 8.54. The van der Waals surface area contributed by atoms with Gasteiger partial charge in [-0.15, -0.1) is 0 Å². The maximum Gasteiger partial charge on any atom is 0.253 e. The Kier molecular flexibility index (Phi) is 6.18. The van der Waals surface area contributed by atoms with Gasteiger partial charge in [0.1, 0.15) is 5.82 Å². The van der Waals surface area contributed by atoms with E-state index in [1.54, 1.807) is 22.7 Å². The van der Waals surface area contributed by atoms with Gasteiger partial charge in [0, 0.05) is 37.5 Å². The molecule has 0 atom stereocenters. The largest absolute Gasteiger partial charge is 0.336 e. The fourth-order valence-electron chi connectivity index (χ4n) is 3.03. The van der Waals surface area contributed by atoms with E-state index in [1.165, 1.54) is 16.4 Å². The van der Waals surface area contributed by atoms with Gasteiger partial charge in [0.05, 0.1) is 4.90 Å². The van der Waals surface area contributed by atoms with Crippen LogP contribution in [0.2, 0.25) is 0 Å². The van der Waals surface area contributed by atoms with Crippen LogP contribution in [0.15, 0.2) is 53.4 Å². The molecule has 0 radical (unpaired) electrons. The molecule has 0 bridgehead atoms. The van der Waals surface area contributed by atoms with Crippen LogP contribution in [0.3, 0.4) is 0 Å². The van der Waals surface area contributed by atoms with Crippen molar-refractivity contribution in [3.05, 3.63) is 65.5 Å². The summed E-state index contributed by atoms with van der Waals surface area (Å²) in [7, 11) is -3.68. The van der Waals surface area contributed by atoms with Gasteiger partial charge in [-0.05, 0) is 48.2 Å². The Labute approximate surface area is 163 Å². The van der Waals surface area contributed by atoms with Crippen LogP contribution in [0.25, 0.3) is 0 Å². The summed E-state index contributed by atoms with van der Waals surface area (Å²) in [4.78, 5) is 14.5. The zero-order chi connectivity index (χ0) is 19.4. The highest BCUT2D eigenvalue weighted by atomic mass is 32.2. The second-order valence-electron chi connectivity index (χ2n) is 6.28. The van der Waals surface area contributed by atoms with E-state index < -0.39 is 15.8 Å². The molecule has 8 heteroatoms. The first-order valence-corrected chi connectivity index (χ1v) is 11.4. The normalized spacial score (nSPS) is 15.7. The third-order valence-electron chi connectivity index (χ3n) is 4.46. The van der Waals surface area contributed by atoms with Gasteiger partial charge in [0.2, 0.25) is 10.0 Å². The van der Waals surface area contributed by atoms with Crippen molar-refractivity contribution in [3.63, 3.8) is 0 Å². The highest BCUT2D eigenvalue weighted by Gasteiger charge is 2.30. The van der Waals surface area contributed by atoms with E-state index in [-0.39, 0.29) is 23.9 Å². The highest BCUT2D eigenvalue weighted by molar-refractivity contribution is 7.97. The van der Waals surface area contributed by atoms with Gasteiger partial charge in [-0.1, -0.05) is 12.1 Å². The minimum Gasteiger partial charge on any atom is -0.336 e. The van der Waals surface area contributed by atoms with Crippen LogP contribution < -0.4 is 0 Å². The van der Waals surface area contributed by atoms with E-state index in [0.717, 1.165) is 23.4 Å². The van der Waals surface area contributed by atoms with Crippen LogP contribution in [0.1, 0.15) is 15.9 Å². The topological polar surface area (TPSA) is 57.7 Å². The van der Waals surface area contributed by atoms with Crippen molar-refractivity contribution >= 4 is 27.7 Å². The fraction of sp³-hybridized carbons (Fsp3) is 0.316. The maximum absolute atomic E-state index is 13.0. The van der Waals surface area contributed by atoms with Gasteiger partial charge in [-0.3, -0.25) is 4.79 Å².